The van der Waals surface area contributed by atoms with Crippen LogP contribution in [0.2, 0.25) is 0 Å². The molecule has 0 radical (unpaired) electrons. The molecule has 4 rings (SSSR count). The first-order valence-corrected chi connectivity index (χ1v) is 10.1. The van der Waals surface area contributed by atoms with Crippen LogP contribution in [0.4, 0.5) is 0 Å². The predicted octanol–water partition coefficient (Wildman–Crippen LogP) is 1.29. The molecule has 1 saturated carbocycles. The second-order valence-electron chi connectivity index (χ2n) is 7.05. The molecule has 1 spiro atoms. The Morgan fingerprint density at radius 2 is 1.87 bits per heavy atom. The van der Waals surface area contributed by atoms with Crippen molar-refractivity contribution in [2.75, 3.05) is 25.4 Å². The van der Waals surface area contributed by atoms with Crippen LogP contribution in [0.15, 0.2) is 18.5 Å². The molecule has 7 heteroatoms. The van der Waals surface area contributed by atoms with Crippen molar-refractivity contribution in [1.82, 2.24) is 14.9 Å². The number of rotatable bonds is 4. The Kier molecular flexibility index (Phi) is 3.80. The normalized spacial score (nSPS) is 29.7. The summed E-state index contributed by atoms with van der Waals surface area (Å²) in [6.45, 7) is 1.76. The van der Waals surface area contributed by atoms with Crippen LogP contribution in [0, 0.1) is 5.92 Å². The van der Waals surface area contributed by atoms with Gasteiger partial charge in [-0.15, -0.1) is 0 Å². The van der Waals surface area contributed by atoms with Crippen LogP contribution in [-0.2, 0) is 9.84 Å². The topological polar surface area (TPSA) is 72.4 Å². The molecule has 3 fully saturated rings. The molecule has 0 amide bonds. The van der Waals surface area contributed by atoms with Gasteiger partial charge in [0, 0.05) is 37.4 Å². The molecule has 0 aromatic carbocycles. The molecular formula is C16H23N3O3S. The van der Waals surface area contributed by atoms with Crippen LogP contribution in [0.25, 0.3) is 0 Å². The van der Waals surface area contributed by atoms with E-state index in [0.29, 0.717) is 38.2 Å². The number of hydrogen-bond acceptors (Lipinski definition) is 6. The van der Waals surface area contributed by atoms with Crippen LogP contribution >= 0.6 is 0 Å². The SMILES string of the molecule is O=S1(=O)CC[C@H](COc2ncccn2)C12CN(C1CCCC1)C2. The van der Waals surface area contributed by atoms with E-state index < -0.39 is 14.6 Å². The number of aromatic nitrogens is 2. The molecule has 126 valence electrons. The molecule has 0 N–H and O–H groups in total. The maximum Gasteiger partial charge on any atom is 0.316 e. The van der Waals surface area contributed by atoms with Crippen molar-refractivity contribution in [3.05, 3.63) is 18.5 Å². The van der Waals surface area contributed by atoms with E-state index in [-0.39, 0.29) is 11.7 Å². The van der Waals surface area contributed by atoms with Gasteiger partial charge < -0.3 is 4.74 Å². The van der Waals surface area contributed by atoms with E-state index in [0.717, 1.165) is 0 Å². The summed E-state index contributed by atoms with van der Waals surface area (Å²) in [4.78, 5) is 10.5. The summed E-state index contributed by atoms with van der Waals surface area (Å²) < 4.78 is 30.3. The predicted molar refractivity (Wildman–Crippen MR) is 86.0 cm³/mol. The lowest BCUT2D eigenvalue weighted by Crippen LogP contribution is -2.69. The molecule has 6 nitrogen and oxygen atoms in total. The minimum atomic E-state index is -3.03. The number of sulfone groups is 1. The lowest BCUT2D eigenvalue weighted by Gasteiger charge is -2.52. The number of ether oxygens (including phenoxy) is 1. The van der Waals surface area contributed by atoms with E-state index in [9.17, 15) is 8.42 Å². The number of nitrogens with zero attached hydrogens (tertiary/aromatic N) is 3. The van der Waals surface area contributed by atoms with Gasteiger partial charge in [0.1, 0.15) is 4.75 Å². The third kappa shape index (κ3) is 2.54. The highest BCUT2D eigenvalue weighted by molar-refractivity contribution is 7.93. The average molecular weight is 337 g/mol. The molecule has 3 aliphatic rings. The van der Waals surface area contributed by atoms with Crippen molar-refractivity contribution in [3.63, 3.8) is 0 Å². The first-order valence-electron chi connectivity index (χ1n) is 8.47. The van der Waals surface area contributed by atoms with Crippen molar-refractivity contribution < 1.29 is 13.2 Å². The maximum atomic E-state index is 12.6. The second kappa shape index (κ2) is 5.70. The van der Waals surface area contributed by atoms with Crippen molar-refractivity contribution >= 4 is 9.84 Å². The third-order valence-electron chi connectivity index (χ3n) is 5.84. The molecular weight excluding hydrogens is 314 g/mol. The molecule has 3 heterocycles. The van der Waals surface area contributed by atoms with Crippen molar-refractivity contribution in [3.8, 4) is 6.01 Å². The highest BCUT2D eigenvalue weighted by Gasteiger charge is 2.62. The zero-order valence-electron chi connectivity index (χ0n) is 13.2. The summed E-state index contributed by atoms with van der Waals surface area (Å²) in [5.41, 5.74) is 0. The van der Waals surface area contributed by atoms with E-state index in [1.165, 1.54) is 25.7 Å². The lowest BCUT2D eigenvalue weighted by molar-refractivity contribution is 0.0309. The molecule has 1 aromatic heterocycles. The van der Waals surface area contributed by atoms with Gasteiger partial charge in [-0.05, 0) is 25.3 Å². The second-order valence-corrected chi connectivity index (χ2v) is 9.51. The summed E-state index contributed by atoms with van der Waals surface area (Å²) >= 11 is 0. The molecule has 1 atom stereocenters. The first-order chi connectivity index (χ1) is 11.1. The highest BCUT2D eigenvalue weighted by Crippen LogP contribution is 2.46. The quantitative estimate of drug-likeness (QED) is 0.824. The monoisotopic (exact) mass is 337 g/mol. The van der Waals surface area contributed by atoms with Gasteiger partial charge in [0.25, 0.3) is 0 Å². The van der Waals surface area contributed by atoms with Crippen LogP contribution < -0.4 is 4.74 Å². The zero-order valence-corrected chi connectivity index (χ0v) is 14.0. The summed E-state index contributed by atoms with van der Waals surface area (Å²) in [7, 11) is -3.03. The van der Waals surface area contributed by atoms with E-state index in [4.69, 9.17) is 4.74 Å². The summed E-state index contributed by atoms with van der Waals surface area (Å²) in [6.07, 6.45) is 8.94. The van der Waals surface area contributed by atoms with Crippen LogP contribution in [-0.4, -0.2) is 59.5 Å². The fourth-order valence-electron chi connectivity index (χ4n) is 4.41. The Labute approximate surface area is 137 Å². The van der Waals surface area contributed by atoms with Crippen molar-refractivity contribution in [2.45, 2.75) is 42.9 Å². The van der Waals surface area contributed by atoms with Gasteiger partial charge in [-0.3, -0.25) is 4.90 Å². The Morgan fingerprint density at radius 3 is 2.57 bits per heavy atom. The molecule has 2 saturated heterocycles. The molecule has 2 aliphatic heterocycles. The van der Waals surface area contributed by atoms with Gasteiger partial charge in [0.2, 0.25) is 0 Å². The highest BCUT2D eigenvalue weighted by atomic mass is 32.2. The van der Waals surface area contributed by atoms with Gasteiger partial charge in [-0.25, -0.2) is 18.4 Å². The Balaban J connectivity index is 1.45. The lowest BCUT2D eigenvalue weighted by atomic mass is 9.82. The Morgan fingerprint density at radius 1 is 1.17 bits per heavy atom. The summed E-state index contributed by atoms with van der Waals surface area (Å²) in [5, 5.41) is 0. The fraction of sp³-hybridized carbons (Fsp3) is 0.750. The van der Waals surface area contributed by atoms with Gasteiger partial charge >= 0.3 is 6.01 Å². The van der Waals surface area contributed by atoms with E-state index in [2.05, 4.69) is 14.9 Å². The number of likely N-dealkylation sites (tertiary alicyclic amines) is 1. The first kappa shape index (κ1) is 15.3. The maximum absolute atomic E-state index is 12.6. The van der Waals surface area contributed by atoms with E-state index >= 15 is 0 Å². The molecule has 0 unspecified atom stereocenters. The molecule has 0 bridgehead atoms. The smallest absolute Gasteiger partial charge is 0.316 e. The van der Waals surface area contributed by atoms with E-state index in [1.807, 2.05) is 0 Å². The van der Waals surface area contributed by atoms with Gasteiger partial charge in [0.15, 0.2) is 9.84 Å². The van der Waals surface area contributed by atoms with Gasteiger partial charge in [-0.2, -0.15) is 0 Å². The van der Waals surface area contributed by atoms with Gasteiger partial charge in [0.05, 0.1) is 12.4 Å². The minimum absolute atomic E-state index is 0.0500. The molecule has 23 heavy (non-hydrogen) atoms. The summed E-state index contributed by atoms with van der Waals surface area (Å²) in [6, 6.07) is 2.66. The Bertz CT molecular complexity index is 652. The van der Waals surface area contributed by atoms with Crippen molar-refractivity contribution in [1.29, 1.82) is 0 Å². The van der Waals surface area contributed by atoms with Crippen molar-refractivity contribution in [2.24, 2.45) is 5.92 Å². The summed E-state index contributed by atoms with van der Waals surface area (Å²) in [5.74, 6) is 0.337. The largest absolute Gasteiger partial charge is 0.463 e. The average Bonchev–Trinajstić information content (AvgIpc) is 3.10. The zero-order chi connectivity index (χ0) is 15.9. The fourth-order valence-corrected chi connectivity index (χ4v) is 6.83. The van der Waals surface area contributed by atoms with Gasteiger partial charge in [-0.1, -0.05) is 12.8 Å². The number of hydrogen-bond donors (Lipinski definition) is 0. The minimum Gasteiger partial charge on any atom is -0.463 e. The van der Waals surface area contributed by atoms with Crippen LogP contribution in [0.3, 0.4) is 0 Å². The standard InChI is InChI=1S/C16H23N3O3S/c20-23(21)9-6-13(10-22-15-17-7-3-8-18-15)16(23)11-19(12-16)14-4-1-2-5-14/h3,7-8,13-14H,1-2,4-6,9-12H2/t13-/m1/s1. The van der Waals surface area contributed by atoms with Crippen LogP contribution in [0.1, 0.15) is 32.1 Å². The Hall–Kier alpha value is -1.21. The van der Waals surface area contributed by atoms with Crippen LogP contribution in [0.5, 0.6) is 6.01 Å². The third-order valence-corrected chi connectivity index (χ3v) is 8.44. The molecule has 1 aliphatic carbocycles. The molecule has 1 aromatic rings. The van der Waals surface area contributed by atoms with E-state index in [1.54, 1.807) is 18.5 Å².